The van der Waals surface area contributed by atoms with Crippen molar-refractivity contribution >= 4 is 23.3 Å². The third-order valence-electron chi connectivity index (χ3n) is 5.44. The fraction of sp³-hybridized carbons (Fsp3) is 0.160. The van der Waals surface area contributed by atoms with Gasteiger partial charge < -0.3 is 15.5 Å². The van der Waals surface area contributed by atoms with Crippen molar-refractivity contribution in [3.63, 3.8) is 0 Å². The molecule has 1 heterocycles. The average Bonchev–Trinajstić information content (AvgIpc) is 3.23. The van der Waals surface area contributed by atoms with Gasteiger partial charge in [0.15, 0.2) is 0 Å². The predicted octanol–water partition coefficient (Wildman–Crippen LogP) is 4.16. The lowest BCUT2D eigenvalue weighted by Gasteiger charge is -2.25. The lowest BCUT2D eigenvalue weighted by molar-refractivity contribution is -0.120. The lowest BCUT2D eigenvalue weighted by Crippen LogP contribution is -2.50. The molecule has 3 amide bonds. The number of fused-ring (bicyclic) bond motifs is 1. The average molecular weight is 446 g/mol. The van der Waals surface area contributed by atoms with Crippen LogP contribution in [-0.2, 0) is 17.6 Å². The van der Waals surface area contributed by atoms with Crippen molar-refractivity contribution in [2.45, 2.75) is 18.9 Å². The number of anilines is 2. The van der Waals surface area contributed by atoms with Crippen LogP contribution in [0.3, 0.4) is 0 Å². The fourth-order valence-corrected chi connectivity index (χ4v) is 3.78. The van der Waals surface area contributed by atoms with Crippen LogP contribution in [0, 0.1) is 23.0 Å². The van der Waals surface area contributed by atoms with Gasteiger partial charge in [-0.1, -0.05) is 18.2 Å². The number of halogens is 2. The van der Waals surface area contributed by atoms with Crippen LogP contribution in [0.2, 0.25) is 0 Å². The third kappa shape index (κ3) is 5.15. The normalized spacial score (nSPS) is 13.1. The van der Waals surface area contributed by atoms with Crippen LogP contribution in [0.4, 0.5) is 25.0 Å². The highest BCUT2D eigenvalue weighted by molar-refractivity contribution is 6.02. The number of carbonyl (C=O) groups is 2. The summed E-state index contributed by atoms with van der Waals surface area (Å²) < 4.78 is 27.0. The Morgan fingerprint density at radius 1 is 1.00 bits per heavy atom. The Hall–Kier alpha value is -4.25. The van der Waals surface area contributed by atoms with Gasteiger partial charge in [-0.2, -0.15) is 5.26 Å². The summed E-state index contributed by atoms with van der Waals surface area (Å²) in [4.78, 5) is 27.5. The molecule has 33 heavy (non-hydrogen) atoms. The van der Waals surface area contributed by atoms with E-state index in [9.17, 15) is 18.4 Å². The number of rotatable bonds is 5. The van der Waals surface area contributed by atoms with E-state index in [0.717, 1.165) is 11.1 Å². The molecule has 3 aromatic carbocycles. The van der Waals surface area contributed by atoms with Gasteiger partial charge in [0.2, 0.25) is 5.91 Å². The Morgan fingerprint density at radius 3 is 2.39 bits per heavy atom. The molecule has 8 heteroatoms. The molecule has 0 saturated carbocycles. The first-order valence-electron chi connectivity index (χ1n) is 10.3. The first-order valence-corrected chi connectivity index (χ1v) is 10.3. The number of carbonyl (C=O) groups excluding carboxylic acids is 2. The minimum absolute atomic E-state index is 0.169. The van der Waals surface area contributed by atoms with Gasteiger partial charge in [-0.15, -0.1) is 0 Å². The maximum absolute atomic E-state index is 13.8. The van der Waals surface area contributed by atoms with E-state index in [-0.39, 0.29) is 12.3 Å². The van der Waals surface area contributed by atoms with Crippen molar-refractivity contribution < 1.29 is 18.4 Å². The van der Waals surface area contributed by atoms with Crippen LogP contribution < -0.4 is 15.5 Å². The van der Waals surface area contributed by atoms with E-state index in [4.69, 9.17) is 5.26 Å². The smallest absolute Gasteiger partial charge is 0.319 e. The van der Waals surface area contributed by atoms with Gasteiger partial charge in [-0.25, -0.2) is 13.6 Å². The van der Waals surface area contributed by atoms with Crippen molar-refractivity contribution in [3.05, 3.63) is 95.1 Å². The topological polar surface area (TPSA) is 85.2 Å². The molecule has 6 nitrogen and oxygen atoms in total. The zero-order valence-corrected chi connectivity index (χ0v) is 17.5. The lowest BCUT2D eigenvalue weighted by atomic mass is 10.0. The van der Waals surface area contributed by atoms with Crippen LogP contribution in [0.1, 0.15) is 16.7 Å². The molecule has 4 rings (SSSR count). The standard InChI is InChI=1S/C25H20F2N4O2/c26-19-7-9-21(10-8-19)29-25(33)30-22(13-16-1-3-17(15-28)4-2-16)24(32)31-12-11-18-5-6-20(27)14-23(18)31/h1-10,14,22H,11-13H2,(H2,29,30,33)/t22-/m1/s1. The monoisotopic (exact) mass is 446 g/mol. The first-order chi connectivity index (χ1) is 15.9. The molecule has 0 unspecified atom stereocenters. The second kappa shape index (κ2) is 9.49. The van der Waals surface area contributed by atoms with E-state index < -0.39 is 23.7 Å². The summed E-state index contributed by atoms with van der Waals surface area (Å²) in [6, 6.07) is 16.7. The van der Waals surface area contributed by atoms with Crippen molar-refractivity contribution in [3.8, 4) is 6.07 Å². The van der Waals surface area contributed by atoms with E-state index in [2.05, 4.69) is 10.6 Å². The molecule has 166 valence electrons. The van der Waals surface area contributed by atoms with Crippen molar-refractivity contribution in [1.29, 1.82) is 5.26 Å². The quantitative estimate of drug-likeness (QED) is 0.617. The summed E-state index contributed by atoms with van der Waals surface area (Å²) in [5.74, 6) is -1.26. The molecular formula is C25H20F2N4O2. The van der Waals surface area contributed by atoms with Crippen LogP contribution >= 0.6 is 0 Å². The summed E-state index contributed by atoms with van der Waals surface area (Å²) in [7, 11) is 0. The highest BCUT2D eigenvalue weighted by Crippen LogP contribution is 2.29. The largest absolute Gasteiger partial charge is 0.326 e. The number of hydrogen-bond acceptors (Lipinski definition) is 3. The van der Waals surface area contributed by atoms with Crippen molar-refractivity contribution in [2.75, 3.05) is 16.8 Å². The molecule has 1 aliphatic heterocycles. The molecule has 1 aliphatic rings. The predicted molar refractivity (Wildman–Crippen MR) is 120 cm³/mol. The minimum atomic E-state index is -0.951. The second-order valence-corrected chi connectivity index (χ2v) is 7.68. The fourth-order valence-electron chi connectivity index (χ4n) is 3.78. The minimum Gasteiger partial charge on any atom is -0.326 e. The Morgan fingerprint density at radius 2 is 1.70 bits per heavy atom. The summed E-state index contributed by atoms with van der Waals surface area (Å²) >= 11 is 0. The van der Waals surface area contributed by atoms with E-state index in [1.54, 1.807) is 30.3 Å². The Balaban J connectivity index is 1.56. The molecule has 0 radical (unpaired) electrons. The van der Waals surface area contributed by atoms with Gasteiger partial charge in [0, 0.05) is 24.3 Å². The highest BCUT2D eigenvalue weighted by atomic mass is 19.1. The summed E-state index contributed by atoms with van der Waals surface area (Å²) in [5.41, 5.74) is 2.94. The van der Waals surface area contributed by atoms with Crippen LogP contribution in [0.25, 0.3) is 0 Å². The van der Waals surface area contributed by atoms with Crippen LogP contribution in [0.15, 0.2) is 66.7 Å². The molecule has 0 fully saturated rings. The van der Waals surface area contributed by atoms with Gasteiger partial charge >= 0.3 is 6.03 Å². The Labute approximate surface area is 189 Å². The van der Waals surface area contributed by atoms with E-state index in [1.165, 1.54) is 41.3 Å². The molecule has 0 spiro atoms. The molecule has 3 aromatic rings. The number of hydrogen-bond donors (Lipinski definition) is 2. The molecule has 0 aliphatic carbocycles. The maximum Gasteiger partial charge on any atom is 0.319 e. The van der Waals surface area contributed by atoms with E-state index in [1.807, 2.05) is 6.07 Å². The zero-order valence-electron chi connectivity index (χ0n) is 17.5. The molecule has 2 N–H and O–H groups in total. The van der Waals surface area contributed by atoms with Gasteiger partial charge in [0.05, 0.1) is 11.6 Å². The van der Waals surface area contributed by atoms with Gasteiger partial charge in [0.1, 0.15) is 17.7 Å². The molecule has 0 saturated heterocycles. The number of urea groups is 1. The van der Waals surface area contributed by atoms with E-state index in [0.29, 0.717) is 29.9 Å². The SMILES string of the molecule is N#Cc1ccc(C[C@@H](NC(=O)Nc2ccc(F)cc2)C(=O)N2CCc3ccc(F)cc32)cc1. The highest BCUT2D eigenvalue weighted by Gasteiger charge is 2.31. The van der Waals surface area contributed by atoms with Crippen LogP contribution in [0.5, 0.6) is 0 Å². The van der Waals surface area contributed by atoms with E-state index >= 15 is 0 Å². The summed E-state index contributed by atoms with van der Waals surface area (Å²) in [6.45, 7) is 0.378. The number of nitrogens with zero attached hydrogens (tertiary/aromatic N) is 2. The summed E-state index contributed by atoms with van der Waals surface area (Å²) in [6.07, 6.45) is 0.759. The third-order valence-corrected chi connectivity index (χ3v) is 5.44. The van der Waals surface area contributed by atoms with Gasteiger partial charge in [-0.3, -0.25) is 4.79 Å². The van der Waals surface area contributed by atoms with Crippen molar-refractivity contribution in [2.24, 2.45) is 0 Å². The number of benzene rings is 3. The number of amides is 3. The number of nitrogens with one attached hydrogen (secondary N) is 2. The number of nitriles is 1. The van der Waals surface area contributed by atoms with Crippen LogP contribution in [-0.4, -0.2) is 24.5 Å². The van der Waals surface area contributed by atoms with Gasteiger partial charge in [0.25, 0.3) is 0 Å². The molecule has 0 aromatic heterocycles. The molecule has 1 atom stereocenters. The summed E-state index contributed by atoms with van der Waals surface area (Å²) in [5, 5.41) is 14.3. The zero-order chi connectivity index (χ0) is 23.4. The van der Waals surface area contributed by atoms with Crippen molar-refractivity contribution in [1.82, 2.24) is 5.32 Å². The van der Waals surface area contributed by atoms with Gasteiger partial charge in [-0.05, 0) is 66.1 Å². The second-order valence-electron chi connectivity index (χ2n) is 7.68. The Kier molecular flexibility index (Phi) is 6.31. The Bertz CT molecular complexity index is 1220. The molecular weight excluding hydrogens is 426 g/mol. The first kappa shape index (κ1) is 22.0. The maximum atomic E-state index is 13.8. The molecule has 0 bridgehead atoms.